The number of aryl methyl sites for hydroxylation is 4. The molecule has 2 atom stereocenters. The standard InChI is InChI=1S/C52H54F6N2O4/c1-5-35-19-9-13-27-45(35)49(59-3,29-17-15-23-39-33-41(51(53,54)55)31-37-21-7-11-25-43(37)39)63-47(61)48(62)64-50(60-4,46-28-14-10-20-36(46)6-2)30-18-16-24-40-34-42(52(56,57)58)32-38-22-8-12-26-44(38)40/h7-14,19-22,25-28,31-34,59-60H,5-6,15-18,23-24,29-30H2,1-4H3. The van der Waals surface area contributed by atoms with E-state index in [0.29, 0.717) is 84.4 Å². The first-order valence-corrected chi connectivity index (χ1v) is 21.8. The Balaban J connectivity index is 1.24. The van der Waals surface area contributed by atoms with E-state index in [0.717, 1.165) is 34.0 Å². The number of halogens is 6. The number of fused-ring (bicyclic) bond motifs is 2. The lowest BCUT2D eigenvalue weighted by molar-refractivity contribution is -0.193. The van der Waals surface area contributed by atoms with Crippen LogP contribution in [0.25, 0.3) is 21.5 Å². The molecule has 6 aromatic rings. The van der Waals surface area contributed by atoms with Crippen molar-refractivity contribution in [3.05, 3.63) is 166 Å². The summed E-state index contributed by atoms with van der Waals surface area (Å²) in [6.45, 7) is 3.91. The first-order chi connectivity index (χ1) is 30.6. The number of hydrogen-bond donors (Lipinski definition) is 2. The fourth-order valence-corrected chi connectivity index (χ4v) is 8.85. The van der Waals surface area contributed by atoms with E-state index in [1.54, 1.807) is 74.8 Å². The van der Waals surface area contributed by atoms with Gasteiger partial charge in [-0.25, -0.2) is 9.59 Å². The van der Waals surface area contributed by atoms with Crippen molar-refractivity contribution in [1.29, 1.82) is 0 Å². The van der Waals surface area contributed by atoms with Gasteiger partial charge in [0.1, 0.15) is 0 Å². The van der Waals surface area contributed by atoms with Crippen molar-refractivity contribution in [2.45, 2.75) is 102 Å². The number of benzene rings is 6. The molecule has 0 amide bonds. The Morgan fingerprint density at radius 2 is 0.844 bits per heavy atom. The molecular weight excluding hydrogens is 831 g/mol. The van der Waals surface area contributed by atoms with Crippen molar-refractivity contribution >= 4 is 33.5 Å². The summed E-state index contributed by atoms with van der Waals surface area (Å²) in [7, 11) is 3.24. The largest absolute Gasteiger partial charge is 0.431 e. The lowest BCUT2D eigenvalue weighted by atomic mass is 9.89. The van der Waals surface area contributed by atoms with Gasteiger partial charge in [-0.2, -0.15) is 26.3 Å². The highest BCUT2D eigenvalue weighted by atomic mass is 19.4. The normalized spacial score (nSPS) is 14.0. The van der Waals surface area contributed by atoms with E-state index in [1.807, 2.05) is 50.2 Å². The second kappa shape index (κ2) is 20.4. The molecule has 12 heteroatoms. The zero-order chi connectivity index (χ0) is 46.1. The summed E-state index contributed by atoms with van der Waals surface area (Å²) in [5.41, 5.74) is -0.409. The van der Waals surface area contributed by atoms with Crippen LogP contribution in [0.2, 0.25) is 0 Å². The van der Waals surface area contributed by atoms with Crippen LogP contribution in [0.5, 0.6) is 0 Å². The molecule has 0 aliphatic carbocycles. The minimum absolute atomic E-state index is 0.177. The molecule has 0 saturated carbocycles. The van der Waals surface area contributed by atoms with Gasteiger partial charge in [0.15, 0.2) is 11.4 Å². The summed E-state index contributed by atoms with van der Waals surface area (Å²) in [5.74, 6) is -2.51. The van der Waals surface area contributed by atoms with E-state index < -0.39 is 46.9 Å². The summed E-state index contributed by atoms with van der Waals surface area (Å²) < 4.78 is 95.8. The fraction of sp³-hybridized carbons (Fsp3) is 0.346. The molecule has 0 fully saturated rings. The van der Waals surface area contributed by atoms with Gasteiger partial charge in [-0.15, -0.1) is 0 Å². The molecule has 0 aromatic heterocycles. The summed E-state index contributed by atoms with van der Waals surface area (Å²) in [4.78, 5) is 28.4. The maximum atomic E-state index is 14.2. The summed E-state index contributed by atoms with van der Waals surface area (Å²) in [6.07, 6.45) is -5.20. The number of carbonyl (C=O) groups excluding carboxylic acids is 2. The molecule has 2 N–H and O–H groups in total. The van der Waals surface area contributed by atoms with E-state index in [9.17, 15) is 35.9 Å². The molecule has 0 aliphatic heterocycles. The Bertz CT molecular complexity index is 2400. The van der Waals surface area contributed by atoms with Crippen molar-refractivity contribution in [2.75, 3.05) is 14.1 Å². The van der Waals surface area contributed by atoms with Gasteiger partial charge in [0.05, 0.1) is 11.1 Å². The number of unbranched alkanes of at least 4 members (excludes halogenated alkanes) is 2. The predicted molar refractivity (Wildman–Crippen MR) is 238 cm³/mol. The molecule has 6 rings (SSSR count). The molecule has 6 nitrogen and oxygen atoms in total. The summed E-state index contributed by atoms with van der Waals surface area (Å²) in [5, 5.41) is 8.78. The Morgan fingerprint density at radius 3 is 1.20 bits per heavy atom. The smallest absolute Gasteiger partial charge is 0.419 e. The minimum Gasteiger partial charge on any atom is -0.431 e. The van der Waals surface area contributed by atoms with Gasteiger partial charge in [0, 0.05) is 24.0 Å². The third-order valence-electron chi connectivity index (χ3n) is 12.2. The molecule has 0 heterocycles. The van der Waals surface area contributed by atoms with E-state index in [2.05, 4.69) is 10.6 Å². The minimum atomic E-state index is -4.52. The van der Waals surface area contributed by atoms with Crippen LogP contribution >= 0.6 is 0 Å². The van der Waals surface area contributed by atoms with Gasteiger partial charge in [0.2, 0.25) is 0 Å². The van der Waals surface area contributed by atoms with Crippen molar-refractivity contribution < 1.29 is 45.4 Å². The number of alkyl halides is 6. The van der Waals surface area contributed by atoms with Crippen LogP contribution in [-0.2, 0) is 68.5 Å². The van der Waals surface area contributed by atoms with E-state index >= 15 is 0 Å². The van der Waals surface area contributed by atoms with Crippen LogP contribution in [0.3, 0.4) is 0 Å². The third-order valence-corrected chi connectivity index (χ3v) is 12.2. The lowest BCUT2D eigenvalue weighted by Gasteiger charge is -2.37. The number of carbonyl (C=O) groups is 2. The Morgan fingerprint density at radius 1 is 0.484 bits per heavy atom. The molecule has 0 bridgehead atoms. The predicted octanol–water partition coefficient (Wildman–Crippen LogP) is 12.5. The quantitative estimate of drug-likeness (QED) is 0.0294. The maximum absolute atomic E-state index is 14.2. The van der Waals surface area contributed by atoms with Crippen molar-refractivity contribution in [3.63, 3.8) is 0 Å². The Hall–Kier alpha value is -5.72. The molecule has 0 spiro atoms. The number of ether oxygens (including phenoxy) is 2. The SMILES string of the molecule is CCc1ccccc1C(CCCCc1cc(C(F)(F)F)cc2ccccc12)(NC)OC(=O)C(=O)OC(CCCCc1cc(C(F)(F)F)cc2ccccc12)(NC)c1ccccc1CC. The van der Waals surface area contributed by atoms with Gasteiger partial charge in [0.25, 0.3) is 0 Å². The second-order valence-electron chi connectivity index (χ2n) is 16.1. The molecule has 0 saturated heterocycles. The molecule has 6 aromatic carbocycles. The molecule has 64 heavy (non-hydrogen) atoms. The zero-order valence-corrected chi connectivity index (χ0v) is 36.5. The van der Waals surface area contributed by atoms with E-state index in [4.69, 9.17) is 9.47 Å². The Kier molecular flexibility index (Phi) is 15.2. The van der Waals surface area contributed by atoms with E-state index in [1.165, 1.54) is 12.1 Å². The molecule has 2 unspecified atom stereocenters. The van der Waals surface area contributed by atoms with Crippen LogP contribution in [0, 0.1) is 0 Å². The highest BCUT2D eigenvalue weighted by Crippen LogP contribution is 2.38. The van der Waals surface area contributed by atoms with Gasteiger partial charge < -0.3 is 9.47 Å². The van der Waals surface area contributed by atoms with Gasteiger partial charge in [-0.05, 0) is 134 Å². The maximum Gasteiger partial charge on any atom is 0.419 e. The van der Waals surface area contributed by atoms with Gasteiger partial charge in [-0.3, -0.25) is 10.6 Å². The first-order valence-electron chi connectivity index (χ1n) is 21.8. The molecule has 338 valence electrons. The second-order valence-corrected chi connectivity index (χ2v) is 16.1. The van der Waals surface area contributed by atoms with Crippen LogP contribution in [0.15, 0.2) is 121 Å². The first kappa shape index (κ1) is 47.8. The van der Waals surface area contributed by atoms with Crippen LogP contribution in [0.1, 0.15) is 96.9 Å². The average molecular weight is 885 g/mol. The summed E-state index contributed by atoms with van der Waals surface area (Å²) >= 11 is 0. The third kappa shape index (κ3) is 10.8. The number of nitrogens with one attached hydrogen (secondary N) is 2. The zero-order valence-electron chi connectivity index (χ0n) is 36.5. The average Bonchev–Trinajstić information content (AvgIpc) is 3.29. The van der Waals surface area contributed by atoms with Crippen molar-refractivity contribution in [3.8, 4) is 0 Å². The number of rotatable bonds is 18. The Labute approximate surface area is 370 Å². The monoisotopic (exact) mass is 884 g/mol. The molecule has 0 radical (unpaired) electrons. The van der Waals surface area contributed by atoms with Gasteiger partial charge in [-0.1, -0.05) is 111 Å². The van der Waals surface area contributed by atoms with Crippen LogP contribution < -0.4 is 10.6 Å². The van der Waals surface area contributed by atoms with Crippen LogP contribution in [0.4, 0.5) is 26.3 Å². The summed E-state index contributed by atoms with van der Waals surface area (Å²) in [6, 6.07) is 33.3. The topological polar surface area (TPSA) is 76.7 Å². The number of hydrogen-bond acceptors (Lipinski definition) is 6. The van der Waals surface area contributed by atoms with Crippen LogP contribution in [-0.4, -0.2) is 26.0 Å². The highest BCUT2D eigenvalue weighted by molar-refractivity contribution is 6.30. The van der Waals surface area contributed by atoms with Gasteiger partial charge >= 0.3 is 24.3 Å². The number of esters is 2. The fourth-order valence-electron chi connectivity index (χ4n) is 8.85. The van der Waals surface area contributed by atoms with E-state index in [-0.39, 0.29) is 12.8 Å². The molecule has 0 aliphatic rings. The lowest BCUT2D eigenvalue weighted by Crippen LogP contribution is -2.50. The molecular formula is C52H54F6N2O4. The van der Waals surface area contributed by atoms with Crippen molar-refractivity contribution in [2.24, 2.45) is 0 Å². The van der Waals surface area contributed by atoms with Crippen molar-refractivity contribution in [1.82, 2.24) is 10.6 Å². The highest BCUT2D eigenvalue weighted by Gasteiger charge is 2.43.